The summed E-state index contributed by atoms with van der Waals surface area (Å²) in [5.41, 5.74) is 3.83. The molecular formula is C23H30N2OSi. The third-order valence-corrected chi connectivity index (χ3v) is 10.0. The van der Waals surface area contributed by atoms with Gasteiger partial charge in [0, 0.05) is 0 Å². The lowest BCUT2D eigenvalue weighted by Gasteiger charge is -2.37. The molecular weight excluding hydrogens is 348 g/mol. The highest BCUT2D eigenvalue weighted by Crippen LogP contribution is 2.39. The summed E-state index contributed by atoms with van der Waals surface area (Å²) >= 11 is 0. The molecule has 4 heteroatoms. The van der Waals surface area contributed by atoms with Gasteiger partial charge in [-0.2, -0.15) is 0 Å². The van der Waals surface area contributed by atoms with Crippen LogP contribution >= 0.6 is 0 Å². The molecule has 0 saturated carbocycles. The fraction of sp³-hybridized carbons (Fsp3) is 0.478. The van der Waals surface area contributed by atoms with Gasteiger partial charge in [0.2, 0.25) is 0 Å². The first kappa shape index (κ1) is 19.8. The van der Waals surface area contributed by atoms with Crippen molar-refractivity contribution in [2.75, 3.05) is 0 Å². The van der Waals surface area contributed by atoms with E-state index in [0.29, 0.717) is 0 Å². The summed E-state index contributed by atoms with van der Waals surface area (Å²) in [6.45, 7) is 11.3. The van der Waals surface area contributed by atoms with Crippen LogP contribution in [0.15, 0.2) is 42.1 Å². The zero-order valence-electron chi connectivity index (χ0n) is 17.2. The quantitative estimate of drug-likeness (QED) is 0.471. The zero-order valence-corrected chi connectivity index (χ0v) is 18.2. The highest BCUT2D eigenvalue weighted by atomic mass is 28.4. The van der Waals surface area contributed by atoms with Crippen molar-refractivity contribution < 1.29 is 4.43 Å². The summed E-state index contributed by atoms with van der Waals surface area (Å²) in [5, 5.41) is 0.112. The Morgan fingerprint density at radius 2 is 1.85 bits per heavy atom. The van der Waals surface area contributed by atoms with Crippen molar-refractivity contribution in [1.29, 1.82) is 0 Å². The standard InChI is InChI=1S/C23H30N2OSi/c1-23(2,3)27(4,5)26-22(16-15-18-11-7-6-8-12-18)21-17-24-19-13-9-10-14-20(19)25-21/h9-11,13-14,17,22H,6-8,12H2,1-5H3. The van der Waals surface area contributed by atoms with Gasteiger partial charge in [-0.15, -0.1) is 0 Å². The zero-order chi connectivity index (χ0) is 19.5. The molecule has 0 radical (unpaired) electrons. The van der Waals surface area contributed by atoms with Crippen molar-refractivity contribution in [2.24, 2.45) is 0 Å². The molecule has 3 rings (SSSR count). The number of hydrogen-bond acceptors (Lipinski definition) is 3. The lowest BCUT2D eigenvalue weighted by molar-refractivity contribution is 0.233. The Kier molecular flexibility index (Phi) is 5.83. The highest BCUT2D eigenvalue weighted by Gasteiger charge is 2.39. The third kappa shape index (κ3) is 4.85. The molecule has 27 heavy (non-hydrogen) atoms. The lowest BCUT2D eigenvalue weighted by atomic mass is 10.00. The number of aromatic nitrogens is 2. The molecule has 1 unspecified atom stereocenters. The maximum Gasteiger partial charge on any atom is 0.194 e. The number of nitrogens with zero attached hydrogens (tertiary/aromatic N) is 2. The predicted octanol–water partition coefficient (Wildman–Crippen LogP) is 6.20. The number of allylic oxidation sites excluding steroid dienone is 2. The minimum atomic E-state index is -1.99. The van der Waals surface area contributed by atoms with Crippen LogP contribution in [0.3, 0.4) is 0 Å². The van der Waals surface area contributed by atoms with E-state index in [9.17, 15) is 0 Å². The van der Waals surface area contributed by atoms with Crippen molar-refractivity contribution in [3.8, 4) is 11.8 Å². The predicted molar refractivity (Wildman–Crippen MR) is 115 cm³/mol. The molecule has 142 valence electrons. The Balaban J connectivity index is 1.97. The van der Waals surface area contributed by atoms with E-state index in [0.717, 1.165) is 29.6 Å². The summed E-state index contributed by atoms with van der Waals surface area (Å²) in [5.74, 6) is 6.77. The van der Waals surface area contributed by atoms with E-state index in [1.807, 2.05) is 30.5 Å². The summed E-state index contributed by atoms with van der Waals surface area (Å²) in [4.78, 5) is 9.40. The van der Waals surface area contributed by atoms with Crippen molar-refractivity contribution in [3.63, 3.8) is 0 Å². The molecule has 0 fully saturated rings. The number of para-hydroxylation sites is 2. The van der Waals surface area contributed by atoms with Crippen LogP contribution in [0.4, 0.5) is 0 Å². The SMILES string of the molecule is CC(C)(C)[Si](C)(C)OC(C#CC1=CCCCC1)c1cnc2ccccc2n1. The minimum absolute atomic E-state index is 0.112. The molecule has 1 aliphatic carbocycles. The van der Waals surface area contributed by atoms with Gasteiger partial charge in [-0.25, -0.2) is 4.98 Å². The van der Waals surface area contributed by atoms with Gasteiger partial charge in [0.25, 0.3) is 0 Å². The van der Waals surface area contributed by atoms with Gasteiger partial charge < -0.3 is 4.43 Å². The number of hydrogen-bond donors (Lipinski definition) is 0. The average molecular weight is 379 g/mol. The molecule has 2 aromatic rings. The molecule has 0 saturated heterocycles. The van der Waals surface area contributed by atoms with Crippen LogP contribution in [0.5, 0.6) is 0 Å². The fourth-order valence-corrected chi connectivity index (χ4v) is 3.97. The molecule has 0 amide bonds. The minimum Gasteiger partial charge on any atom is -0.398 e. The molecule has 0 spiro atoms. The van der Waals surface area contributed by atoms with Crippen LogP contribution in [0.2, 0.25) is 18.1 Å². The van der Waals surface area contributed by atoms with Gasteiger partial charge in [0.15, 0.2) is 14.4 Å². The largest absolute Gasteiger partial charge is 0.398 e. The Hall–Kier alpha value is -1.96. The van der Waals surface area contributed by atoms with Crippen LogP contribution in [0, 0.1) is 11.8 Å². The lowest BCUT2D eigenvalue weighted by Crippen LogP contribution is -2.41. The summed E-state index contributed by atoms with van der Waals surface area (Å²) in [6.07, 6.45) is 8.45. The summed E-state index contributed by atoms with van der Waals surface area (Å²) in [7, 11) is -1.99. The average Bonchev–Trinajstić information content (AvgIpc) is 2.64. The Morgan fingerprint density at radius 1 is 1.11 bits per heavy atom. The first-order valence-electron chi connectivity index (χ1n) is 9.86. The molecule has 1 atom stereocenters. The second kappa shape index (κ2) is 7.96. The van der Waals surface area contributed by atoms with E-state index in [1.165, 1.54) is 18.4 Å². The highest BCUT2D eigenvalue weighted by molar-refractivity contribution is 6.74. The van der Waals surface area contributed by atoms with Gasteiger partial charge in [-0.1, -0.05) is 50.8 Å². The Morgan fingerprint density at radius 3 is 2.52 bits per heavy atom. The van der Waals surface area contributed by atoms with Gasteiger partial charge in [0.1, 0.15) is 0 Å². The van der Waals surface area contributed by atoms with E-state index in [1.54, 1.807) is 0 Å². The van der Waals surface area contributed by atoms with Crippen LogP contribution in [-0.2, 0) is 4.43 Å². The van der Waals surface area contributed by atoms with Crippen LogP contribution in [0.1, 0.15) is 58.3 Å². The molecule has 0 N–H and O–H groups in total. The third-order valence-electron chi connectivity index (χ3n) is 5.61. The molecule has 1 heterocycles. The maximum absolute atomic E-state index is 6.66. The first-order valence-corrected chi connectivity index (χ1v) is 12.8. The van der Waals surface area contributed by atoms with Crippen molar-refractivity contribution in [3.05, 3.63) is 47.8 Å². The summed E-state index contributed by atoms with van der Waals surface area (Å²) < 4.78 is 6.66. The van der Waals surface area contributed by atoms with E-state index >= 15 is 0 Å². The Bertz CT molecular complexity index is 900. The van der Waals surface area contributed by atoms with Crippen LogP contribution < -0.4 is 0 Å². The maximum atomic E-state index is 6.66. The normalized spacial score (nSPS) is 16.4. The van der Waals surface area contributed by atoms with Crippen molar-refractivity contribution in [1.82, 2.24) is 9.97 Å². The van der Waals surface area contributed by atoms with Crippen molar-refractivity contribution >= 4 is 19.4 Å². The van der Waals surface area contributed by atoms with Crippen molar-refractivity contribution in [2.45, 2.75) is 70.7 Å². The summed E-state index contributed by atoms with van der Waals surface area (Å²) in [6, 6.07) is 7.94. The molecule has 1 aromatic heterocycles. The van der Waals surface area contributed by atoms with E-state index in [-0.39, 0.29) is 11.1 Å². The Labute approximate surface area is 164 Å². The van der Waals surface area contributed by atoms with Crippen LogP contribution in [-0.4, -0.2) is 18.3 Å². The van der Waals surface area contributed by atoms with Crippen LogP contribution in [0.25, 0.3) is 11.0 Å². The van der Waals surface area contributed by atoms with Gasteiger partial charge >= 0.3 is 0 Å². The molecule has 1 aromatic carbocycles. The first-order chi connectivity index (χ1) is 12.8. The topological polar surface area (TPSA) is 35.0 Å². The number of benzene rings is 1. The van der Waals surface area contributed by atoms with E-state index < -0.39 is 8.32 Å². The fourth-order valence-electron chi connectivity index (χ4n) is 2.84. The molecule has 0 aliphatic heterocycles. The number of fused-ring (bicyclic) bond motifs is 1. The van der Waals surface area contributed by atoms with E-state index in [2.05, 4.69) is 56.8 Å². The molecule has 3 nitrogen and oxygen atoms in total. The van der Waals surface area contributed by atoms with Gasteiger partial charge in [-0.3, -0.25) is 4.98 Å². The van der Waals surface area contributed by atoms with Gasteiger partial charge in [0.05, 0.1) is 22.9 Å². The molecule has 1 aliphatic rings. The van der Waals surface area contributed by atoms with Gasteiger partial charge in [-0.05, 0) is 61.5 Å². The monoisotopic (exact) mass is 378 g/mol. The molecule has 0 bridgehead atoms. The number of rotatable bonds is 3. The second-order valence-corrected chi connectivity index (χ2v) is 13.5. The van der Waals surface area contributed by atoms with E-state index in [4.69, 9.17) is 9.41 Å². The second-order valence-electron chi connectivity index (χ2n) is 8.79. The smallest absolute Gasteiger partial charge is 0.194 e.